The largest absolute Gasteiger partial charge is 0.505 e. The van der Waals surface area contributed by atoms with Gasteiger partial charge in [-0.25, -0.2) is 0 Å². The lowest BCUT2D eigenvalue weighted by Gasteiger charge is -2.31. The number of hydrogen-bond acceptors (Lipinski definition) is 4. The Morgan fingerprint density at radius 2 is 1.90 bits per heavy atom. The van der Waals surface area contributed by atoms with Crippen LogP contribution in [0.15, 0.2) is 66.7 Å². The quantitative estimate of drug-likeness (QED) is 0.497. The number of fused-ring (bicyclic) bond motifs is 1. The van der Waals surface area contributed by atoms with Gasteiger partial charge in [0.1, 0.15) is 5.75 Å². The van der Waals surface area contributed by atoms with Crippen molar-refractivity contribution in [2.24, 2.45) is 0 Å². The van der Waals surface area contributed by atoms with Gasteiger partial charge in [-0.05, 0) is 54.8 Å². The average molecular weight is 402 g/mol. The summed E-state index contributed by atoms with van der Waals surface area (Å²) in [4.78, 5) is 14.8. The van der Waals surface area contributed by atoms with Gasteiger partial charge in [-0.3, -0.25) is 4.79 Å². The van der Waals surface area contributed by atoms with Crippen molar-refractivity contribution in [2.45, 2.75) is 25.8 Å². The average Bonchev–Trinajstić information content (AvgIpc) is 3.19. The van der Waals surface area contributed by atoms with E-state index >= 15 is 0 Å². The number of carbonyl (C=O) groups is 1. The molecule has 3 aromatic rings. The molecule has 0 aromatic heterocycles. The van der Waals surface area contributed by atoms with E-state index in [1.54, 1.807) is 0 Å². The monoisotopic (exact) mass is 401 g/mol. The first-order chi connectivity index (χ1) is 14.6. The smallest absolute Gasteiger partial charge is 0.255 e. The Morgan fingerprint density at radius 3 is 2.63 bits per heavy atom. The zero-order chi connectivity index (χ0) is 21.1. The van der Waals surface area contributed by atoms with Crippen molar-refractivity contribution < 1.29 is 9.90 Å². The Hall–Kier alpha value is -3.47. The zero-order valence-corrected chi connectivity index (χ0v) is 17.4. The van der Waals surface area contributed by atoms with Crippen LogP contribution in [0, 0.1) is 0 Å². The minimum atomic E-state index is -0.106. The van der Waals surface area contributed by atoms with E-state index in [0.717, 1.165) is 42.0 Å². The third kappa shape index (κ3) is 3.71. The van der Waals surface area contributed by atoms with Gasteiger partial charge < -0.3 is 20.6 Å². The molecule has 5 nitrogen and oxygen atoms in total. The number of anilines is 3. The molecule has 154 valence electrons. The van der Waals surface area contributed by atoms with Gasteiger partial charge in [-0.15, -0.1) is 0 Å². The molecule has 30 heavy (non-hydrogen) atoms. The molecular formula is C25H27N3O2. The molecule has 0 aliphatic carbocycles. The molecule has 1 aliphatic rings. The van der Waals surface area contributed by atoms with Gasteiger partial charge in [0.15, 0.2) is 0 Å². The van der Waals surface area contributed by atoms with Gasteiger partial charge in [0.05, 0.1) is 11.7 Å². The molecule has 0 radical (unpaired) electrons. The Bertz CT molecular complexity index is 1050. The van der Waals surface area contributed by atoms with E-state index in [0.29, 0.717) is 11.3 Å². The van der Waals surface area contributed by atoms with Crippen LogP contribution in [0.5, 0.6) is 5.75 Å². The second-order valence-corrected chi connectivity index (χ2v) is 7.52. The fourth-order valence-electron chi connectivity index (χ4n) is 4.26. The maximum atomic E-state index is 12.5. The Kier molecular flexibility index (Phi) is 5.61. The summed E-state index contributed by atoms with van der Waals surface area (Å²) in [5.41, 5.74) is 5.49. The number of phenols is 1. The number of nitrogens with zero attached hydrogens (tertiary/aromatic N) is 1. The number of amides is 1. The van der Waals surface area contributed by atoms with Gasteiger partial charge >= 0.3 is 0 Å². The maximum Gasteiger partial charge on any atom is 0.255 e. The van der Waals surface area contributed by atoms with Crippen molar-refractivity contribution in [3.8, 4) is 5.75 Å². The summed E-state index contributed by atoms with van der Waals surface area (Å²) >= 11 is 0. The van der Waals surface area contributed by atoms with E-state index in [4.69, 9.17) is 0 Å². The van der Waals surface area contributed by atoms with E-state index in [2.05, 4.69) is 34.6 Å². The summed E-state index contributed by atoms with van der Waals surface area (Å²) in [7, 11) is 1.82. The summed E-state index contributed by atoms with van der Waals surface area (Å²) in [6.45, 7) is 3.02. The number of para-hydroxylation sites is 1. The fraction of sp³-hybridized carbons (Fsp3) is 0.240. The van der Waals surface area contributed by atoms with Crippen molar-refractivity contribution in [3.05, 3.63) is 83.4 Å². The third-order valence-corrected chi connectivity index (χ3v) is 5.76. The molecule has 1 atom stereocenters. The highest BCUT2D eigenvalue weighted by Gasteiger charge is 2.28. The number of aromatic hydroxyl groups is 1. The predicted molar refractivity (Wildman–Crippen MR) is 123 cm³/mol. The minimum Gasteiger partial charge on any atom is -0.505 e. The lowest BCUT2D eigenvalue weighted by Crippen LogP contribution is -2.26. The lowest BCUT2D eigenvalue weighted by molar-refractivity contribution is 0.102. The van der Waals surface area contributed by atoms with E-state index in [9.17, 15) is 9.90 Å². The molecule has 3 N–H and O–H groups in total. The van der Waals surface area contributed by atoms with Crippen LogP contribution in [-0.2, 0) is 6.42 Å². The number of hydrogen-bond donors (Lipinski definition) is 3. The van der Waals surface area contributed by atoms with Crippen LogP contribution in [0.4, 0.5) is 17.1 Å². The van der Waals surface area contributed by atoms with Crippen molar-refractivity contribution in [1.29, 1.82) is 0 Å². The Morgan fingerprint density at radius 1 is 1.10 bits per heavy atom. The van der Waals surface area contributed by atoms with E-state index in [1.807, 2.05) is 61.6 Å². The molecule has 1 unspecified atom stereocenters. The van der Waals surface area contributed by atoms with Crippen LogP contribution in [-0.4, -0.2) is 24.6 Å². The molecule has 0 spiro atoms. The van der Waals surface area contributed by atoms with Crippen LogP contribution in [0.2, 0.25) is 0 Å². The molecule has 0 bridgehead atoms. The molecule has 3 aromatic carbocycles. The highest BCUT2D eigenvalue weighted by molar-refractivity contribution is 6.04. The normalized spacial score (nSPS) is 13.6. The molecule has 5 heteroatoms. The molecule has 0 saturated heterocycles. The second kappa shape index (κ2) is 8.49. The van der Waals surface area contributed by atoms with Crippen molar-refractivity contribution >= 4 is 23.0 Å². The summed E-state index contributed by atoms with van der Waals surface area (Å²) in [5.74, 6) is 0.206. The summed E-state index contributed by atoms with van der Waals surface area (Å²) in [6.07, 6.45) is 1.79. The van der Waals surface area contributed by atoms with Gasteiger partial charge in [0.2, 0.25) is 0 Å². The van der Waals surface area contributed by atoms with Gasteiger partial charge in [0.25, 0.3) is 5.91 Å². The van der Waals surface area contributed by atoms with Gasteiger partial charge in [-0.1, -0.05) is 37.3 Å². The molecule has 0 fully saturated rings. The van der Waals surface area contributed by atoms with Crippen LogP contribution >= 0.6 is 0 Å². The summed E-state index contributed by atoms with van der Waals surface area (Å²) in [5, 5.41) is 16.8. The van der Waals surface area contributed by atoms with E-state index < -0.39 is 0 Å². The number of carbonyl (C=O) groups excluding carboxylic acids is 1. The first-order valence-electron chi connectivity index (χ1n) is 10.4. The maximum absolute atomic E-state index is 12.5. The Balaban J connectivity index is 1.58. The highest BCUT2D eigenvalue weighted by Crippen LogP contribution is 2.42. The minimum absolute atomic E-state index is 0.0873. The van der Waals surface area contributed by atoms with Gasteiger partial charge in [-0.2, -0.15) is 0 Å². The van der Waals surface area contributed by atoms with Crippen LogP contribution in [0.1, 0.15) is 40.9 Å². The first kappa shape index (κ1) is 19.8. The molecule has 0 saturated carbocycles. The van der Waals surface area contributed by atoms with E-state index in [-0.39, 0.29) is 11.9 Å². The van der Waals surface area contributed by atoms with Crippen molar-refractivity contribution in [2.75, 3.05) is 29.1 Å². The number of benzene rings is 3. The van der Waals surface area contributed by atoms with Crippen LogP contribution in [0.25, 0.3) is 0 Å². The fourth-order valence-corrected chi connectivity index (χ4v) is 4.26. The van der Waals surface area contributed by atoms with Crippen molar-refractivity contribution in [1.82, 2.24) is 0 Å². The molecule has 1 aliphatic heterocycles. The standard InChI is InChI=1S/C25H27N3O2/c1-3-22(20-10-7-11-21(26-2)24(20)29)28-15-14-18-16-19(12-13-23(18)28)27-25(30)17-8-5-4-6-9-17/h4-13,16,22,26,29H,3,14-15H2,1-2H3,(H,27,30). The first-order valence-corrected chi connectivity index (χ1v) is 10.4. The van der Waals surface area contributed by atoms with Crippen LogP contribution in [0.3, 0.4) is 0 Å². The zero-order valence-electron chi connectivity index (χ0n) is 17.4. The number of nitrogens with one attached hydrogen (secondary N) is 2. The Labute approximate surface area is 177 Å². The summed E-state index contributed by atoms with van der Waals surface area (Å²) in [6, 6.07) is 21.3. The molecule has 1 amide bonds. The second-order valence-electron chi connectivity index (χ2n) is 7.52. The number of phenolic OH excluding ortho intramolecular Hbond substituents is 1. The molecule has 4 rings (SSSR count). The summed E-state index contributed by atoms with van der Waals surface area (Å²) < 4.78 is 0. The SMILES string of the molecule is CCC(c1cccc(NC)c1O)N1CCc2cc(NC(=O)c3ccccc3)ccc21. The third-order valence-electron chi connectivity index (χ3n) is 5.76. The molecular weight excluding hydrogens is 374 g/mol. The molecule has 1 heterocycles. The lowest BCUT2D eigenvalue weighted by atomic mass is 10.0. The topological polar surface area (TPSA) is 64.6 Å². The predicted octanol–water partition coefficient (Wildman–Crippen LogP) is 5.20. The van der Waals surface area contributed by atoms with Crippen molar-refractivity contribution in [3.63, 3.8) is 0 Å². The van der Waals surface area contributed by atoms with Crippen LogP contribution < -0.4 is 15.5 Å². The van der Waals surface area contributed by atoms with Gasteiger partial charge in [0, 0.05) is 36.1 Å². The number of rotatable bonds is 6. The highest BCUT2D eigenvalue weighted by atomic mass is 16.3. The van der Waals surface area contributed by atoms with E-state index in [1.165, 1.54) is 5.56 Å².